The van der Waals surface area contributed by atoms with Crippen LogP contribution in [0.25, 0.3) is 22.3 Å². The number of phenolic OH excluding ortho intramolecular Hbond substituents is 2. The third-order valence-electron chi connectivity index (χ3n) is 4.71. The van der Waals surface area contributed by atoms with Crippen LogP contribution in [0.5, 0.6) is 11.5 Å². The number of rotatable bonds is 4. The number of phenols is 2. The zero-order valence-electron chi connectivity index (χ0n) is 15.0. The third-order valence-corrected chi connectivity index (χ3v) is 4.71. The van der Waals surface area contributed by atoms with Crippen molar-refractivity contribution >= 4 is 5.78 Å². The molecular weight excluding hydrogens is 348 g/mol. The molecule has 0 saturated carbocycles. The summed E-state index contributed by atoms with van der Waals surface area (Å²) < 4.78 is 0. The number of hydrogen-bond donors (Lipinski definition) is 2. The second-order valence-corrected chi connectivity index (χ2v) is 6.47. The van der Waals surface area contributed by atoms with Crippen molar-refractivity contribution in [3.05, 3.63) is 108 Å². The van der Waals surface area contributed by atoms with Crippen molar-refractivity contribution in [1.29, 1.82) is 0 Å². The molecule has 0 heterocycles. The van der Waals surface area contributed by atoms with Gasteiger partial charge in [0.1, 0.15) is 17.1 Å². The van der Waals surface area contributed by atoms with Gasteiger partial charge < -0.3 is 10.2 Å². The van der Waals surface area contributed by atoms with Crippen LogP contribution in [0.15, 0.2) is 97.1 Å². The van der Waals surface area contributed by atoms with Gasteiger partial charge in [-0.25, -0.2) is 0 Å². The maximum absolute atomic E-state index is 13.1. The number of ketones is 1. The lowest BCUT2D eigenvalue weighted by atomic mass is 9.90. The summed E-state index contributed by atoms with van der Waals surface area (Å²) in [6.07, 6.45) is 0. The van der Waals surface area contributed by atoms with Crippen molar-refractivity contribution in [2.45, 2.75) is 0 Å². The van der Waals surface area contributed by atoms with Crippen molar-refractivity contribution in [3.8, 4) is 33.8 Å². The molecule has 0 saturated heterocycles. The van der Waals surface area contributed by atoms with Crippen LogP contribution >= 0.6 is 0 Å². The Morgan fingerprint density at radius 1 is 0.571 bits per heavy atom. The average Bonchev–Trinajstić information content (AvgIpc) is 2.76. The highest BCUT2D eigenvalue weighted by Gasteiger charge is 2.25. The second-order valence-electron chi connectivity index (χ2n) is 6.47. The molecule has 136 valence electrons. The molecule has 4 aromatic carbocycles. The fourth-order valence-corrected chi connectivity index (χ4v) is 3.29. The van der Waals surface area contributed by atoms with Crippen LogP contribution in [0.1, 0.15) is 15.9 Å². The van der Waals surface area contributed by atoms with Crippen molar-refractivity contribution in [1.82, 2.24) is 0 Å². The Bertz CT molecular complexity index is 1060. The molecule has 0 radical (unpaired) electrons. The summed E-state index contributed by atoms with van der Waals surface area (Å²) in [6, 6.07) is 29.0. The van der Waals surface area contributed by atoms with Crippen LogP contribution in [-0.2, 0) is 0 Å². The van der Waals surface area contributed by atoms with Crippen LogP contribution in [-0.4, -0.2) is 16.0 Å². The Kier molecular flexibility index (Phi) is 4.65. The molecule has 0 aliphatic heterocycles. The maximum Gasteiger partial charge on any atom is 0.200 e. The van der Waals surface area contributed by atoms with Gasteiger partial charge in [0.15, 0.2) is 0 Å². The average molecular weight is 366 g/mol. The number of carbonyl (C=O) groups excluding carboxylic acids is 1. The Labute approximate surface area is 163 Å². The first kappa shape index (κ1) is 17.6. The second kappa shape index (κ2) is 7.41. The van der Waals surface area contributed by atoms with Crippen LogP contribution in [0.3, 0.4) is 0 Å². The predicted octanol–water partition coefficient (Wildman–Crippen LogP) is 5.66. The molecule has 2 N–H and O–H groups in total. The summed E-state index contributed by atoms with van der Waals surface area (Å²) in [5.74, 6) is -0.875. The number of hydrogen-bond acceptors (Lipinski definition) is 3. The largest absolute Gasteiger partial charge is 0.506 e. The molecule has 0 aliphatic carbocycles. The highest BCUT2D eigenvalue weighted by molar-refractivity contribution is 6.15. The third kappa shape index (κ3) is 3.14. The maximum atomic E-state index is 13.1. The fraction of sp³-hybridized carbons (Fsp3) is 0. The quantitative estimate of drug-likeness (QED) is 0.458. The minimum Gasteiger partial charge on any atom is -0.506 e. The molecule has 0 unspecified atom stereocenters. The van der Waals surface area contributed by atoms with Crippen molar-refractivity contribution in [2.24, 2.45) is 0 Å². The standard InChI is InChI=1S/C25H18O3/c26-23(19-14-8-3-9-15-19)22-24(27)20(17-10-4-1-5-11-17)16-21(25(22)28)18-12-6-2-7-13-18/h1-16,27-28H. The van der Waals surface area contributed by atoms with Crippen LogP contribution in [0, 0.1) is 0 Å². The molecule has 0 fully saturated rings. The lowest BCUT2D eigenvalue weighted by Crippen LogP contribution is -2.04. The van der Waals surface area contributed by atoms with Gasteiger partial charge >= 0.3 is 0 Å². The first-order valence-electron chi connectivity index (χ1n) is 8.96. The minimum atomic E-state index is -0.425. The van der Waals surface area contributed by atoms with Crippen molar-refractivity contribution < 1.29 is 15.0 Å². The minimum absolute atomic E-state index is 0.0913. The smallest absolute Gasteiger partial charge is 0.200 e. The Morgan fingerprint density at radius 2 is 0.964 bits per heavy atom. The molecule has 0 bridgehead atoms. The van der Waals surface area contributed by atoms with Crippen molar-refractivity contribution in [3.63, 3.8) is 0 Å². The van der Waals surface area contributed by atoms with Crippen molar-refractivity contribution in [2.75, 3.05) is 0 Å². The summed E-state index contributed by atoms with van der Waals surface area (Å²) in [6.45, 7) is 0. The molecule has 0 aromatic heterocycles. The van der Waals surface area contributed by atoms with Gasteiger partial charge in [0.25, 0.3) is 0 Å². The lowest BCUT2D eigenvalue weighted by Gasteiger charge is -2.16. The summed E-state index contributed by atoms with van der Waals surface area (Å²) >= 11 is 0. The van der Waals surface area contributed by atoms with E-state index in [2.05, 4.69) is 0 Å². The van der Waals surface area contributed by atoms with E-state index in [0.29, 0.717) is 16.7 Å². The van der Waals surface area contributed by atoms with Gasteiger partial charge in [0, 0.05) is 16.7 Å². The highest BCUT2D eigenvalue weighted by atomic mass is 16.3. The van der Waals surface area contributed by atoms with Gasteiger partial charge in [-0.05, 0) is 17.2 Å². The van der Waals surface area contributed by atoms with Crippen LogP contribution in [0.2, 0.25) is 0 Å². The van der Waals surface area contributed by atoms with Crippen LogP contribution in [0.4, 0.5) is 0 Å². The molecule has 3 nitrogen and oxygen atoms in total. The molecule has 28 heavy (non-hydrogen) atoms. The van der Waals surface area contributed by atoms with E-state index in [9.17, 15) is 15.0 Å². The topological polar surface area (TPSA) is 57.5 Å². The molecule has 0 spiro atoms. The van der Waals surface area contributed by atoms with E-state index in [4.69, 9.17) is 0 Å². The Hall–Kier alpha value is -3.85. The van der Waals surface area contributed by atoms with Crippen LogP contribution < -0.4 is 0 Å². The SMILES string of the molecule is O=C(c1ccccc1)c1c(O)c(-c2ccccc2)cc(-c2ccccc2)c1O. The van der Waals surface area contributed by atoms with Gasteiger partial charge in [0.2, 0.25) is 5.78 Å². The number of benzene rings is 4. The van der Waals surface area contributed by atoms with Gasteiger partial charge in [-0.2, -0.15) is 0 Å². The van der Waals surface area contributed by atoms with E-state index < -0.39 is 5.78 Å². The molecular formula is C25H18O3. The molecule has 4 rings (SSSR count). The molecule has 0 amide bonds. The van der Waals surface area contributed by atoms with E-state index in [0.717, 1.165) is 11.1 Å². The van der Waals surface area contributed by atoms with E-state index in [-0.39, 0.29) is 17.1 Å². The first-order chi connectivity index (χ1) is 13.7. The van der Waals surface area contributed by atoms with E-state index in [1.165, 1.54) is 0 Å². The summed E-state index contributed by atoms with van der Waals surface area (Å²) in [4.78, 5) is 13.1. The van der Waals surface area contributed by atoms with Gasteiger partial charge in [-0.15, -0.1) is 0 Å². The molecule has 3 heteroatoms. The highest BCUT2D eigenvalue weighted by Crippen LogP contribution is 2.44. The first-order valence-corrected chi connectivity index (χ1v) is 8.96. The number of aromatic hydroxyl groups is 2. The summed E-state index contributed by atoms with van der Waals surface area (Å²) in [5, 5.41) is 21.9. The van der Waals surface area contributed by atoms with Gasteiger partial charge in [0.05, 0.1) is 0 Å². The van der Waals surface area contributed by atoms with E-state index >= 15 is 0 Å². The summed E-state index contributed by atoms with van der Waals surface area (Å²) in [5.41, 5.74) is 2.83. The van der Waals surface area contributed by atoms with Gasteiger partial charge in [-0.1, -0.05) is 91.0 Å². The van der Waals surface area contributed by atoms with E-state index in [1.807, 2.05) is 66.7 Å². The Balaban J connectivity index is 2.00. The zero-order valence-corrected chi connectivity index (χ0v) is 15.0. The van der Waals surface area contributed by atoms with Gasteiger partial charge in [-0.3, -0.25) is 4.79 Å². The molecule has 0 atom stereocenters. The fourth-order valence-electron chi connectivity index (χ4n) is 3.29. The molecule has 0 aliphatic rings. The zero-order chi connectivity index (χ0) is 19.5. The monoisotopic (exact) mass is 366 g/mol. The van der Waals surface area contributed by atoms with E-state index in [1.54, 1.807) is 30.3 Å². The Morgan fingerprint density at radius 3 is 1.39 bits per heavy atom. The normalized spacial score (nSPS) is 10.6. The summed E-state index contributed by atoms with van der Waals surface area (Å²) in [7, 11) is 0. The number of carbonyl (C=O) groups is 1. The molecule has 4 aromatic rings. The predicted molar refractivity (Wildman–Crippen MR) is 111 cm³/mol. The lowest BCUT2D eigenvalue weighted by molar-refractivity contribution is 0.103.